The second kappa shape index (κ2) is 8.69. The monoisotopic (exact) mass is 403 g/mol. The molecule has 1 aromatic rings. The van der Waals surface area contributed by atoms with E-state index in [1.165, 1.54) is 13.0 Å². The summed E-state index contributed by atoms with van der Waals surface area (Å²) in [7, 11) is -2.69. The van der Waals surface area contributed by atoms with Crippen LogP contribution in [0.1, 0.15) is 25.8 Å². The van der Waals surface area contributed by atoms with Crippen molar-refractivity contribution in [1.82, 2.24) is 3.97 Å². The first-order valence-corrected chi connectivity index (χ1v) is 11.5. The van der Waals surface area contributed by atoms with Gasteiger partial charge in [0.1, 0.15) is 0 Å². The van der Waals surface area contributed by atoms with Crippen LogP contribution in [0.4, 0.5) is 0 Å². The van der Waals surface area contributed by atoms with Crippen LogP contribution in [0, 0.1) is 6.92 Å². The fourth-order valence-electron chi connectivity index (χ4n) is 2.46. The molecule has 0 atom stereocenters. The first-order chi connectivity index (χ1) is 11.6. The highest BCUT2D eigenvalue weighted by atomic mass is 35.7. The highest BCUT2D eigenvalue weighted by molar-refractivity contribution is 8.14. The normalized spacial score (nSPS) is 14.9. The maximum atomic E-state index is 12.8. The number of aromatic nitrogens is 1. The van der Waals surface area contributed by atoms with Gasteiger partial charge in [0, 0.05) is 15.9 Å². The van der Waals surface area contributed by atoms with E-state index in [9.17, 15) is 16.8 Å². The number of nitrogens with zero attached hydrogens (tertiary/aromatic N) is 1. The molecule has 0 aliphatic carbocycles. The lowest BCUT2D eigenvalue weighted by molar-refractivity contribution is 0.576. The van der Waals surface area contributed by atoms with Gasteiger partial charge in [-0.3, -0.25) is 0 Å². The topological polar surface area (TPSA) is 73.2 Å². The average Bonchev–Trinajstić information content (AvgIpc) is 2.83. The van der Waals surface area contributed by atoms with Gasteiger partial charge >= 0.3 is 0 Å². The molecule has 5 nitrogen and oxygen atoms in total. The minimum Gasteiger partial charge on any atom is -0.225 e. The average molecular weight is 404 g/mol. The van der Waals surface area contributed by atoms with Crippen LogP contribution < -0.4 is 10.6 Å². The van der Waals surface area contributed by atoms with E-state index in [4.69, 9.17) is 10.7 Å². The van der Waals surface area contributed by atoms with Crippen molar-refractivity contribution in [2.45, 2.75) is 32.2 Å². The molecule has 0 aromatic carbocycles. The summed E-state index contributed by atoms with van der Waals surface area (Å²) in [5.74, 6) is -0.358. The van der Waals surface area contributed by atoms with Crippen LogP contribution >= 0.6 is 10.7 Å². The lowest BCUT2D eigenvalue weighted by Gasteiger charge is -2.08. The second-order valence-corrected chi connectivity index (χ2v) is 9.51. The van der Waals surface area contributed by atoms with Gasteiger partial charge in [-0.05, 0) is 32.8 Å². The Morgan fingerprint density at radius 3 is 2.16 bits per heavy atom. The summed E-state index contributed by atoms with van der Waals surface area (Å²) in [6.07, 6.45) is 12.2. The van der Waals surface area contributed by atoms with E-state index in [0.29, 0.717) is 17.2 Å². The molecule has 0 saturated heterocycles. The van der Waals surface area contributed by atoms with E-state index < -0.39 is 24.1 Å². The lowest BCUT2D eigenvalue weighted by atomic mass is 10.3. The Morgan fingerprint density at radius 1 is 1.08 bits per heavy atom. The SMILES string of the molecule is C=CCC=CC=CCS(=O)(=O)n1c(S(=O)(=O)Cl)c(C)c(=CC)c1=CC. The number of hydrogen-bond donors (Lipinski definition) is 0. The van der Waals surface area contributed by atoms with Crippen molar-refractivity contribution >= 4 is 41.9 Å². The smallest absolute Gasteiger partial charge is 0.225 e. The third kappa shape index (κ3) is 4.96. The van der Waals surface area contributed by atoms with E-state index in [1.807, 2.05) is 6.08 Å². The summed E-state index contributed by atoms with van der Waals surface area (Å²) in [5.41, 5.74) is 0.309. The van der Waals surface area contributed by atoms with Crippen LogP contribution in [0.25, 0.3) is 12.2 Å². The number of rotatable bonds is 7. The fraction of sp³-hybridized carbons (Fsp3) is 0.294. The van der Waals surface area contributed by atoms with Crippen molar-refractivity contribution in [3.05, 3.63) is 53.1 Å². The van der Waals surface area contributed by atoms with Gasteiger partial charge in [0.25, 0.3) is 9.05 Å². The molecule has 8 heteroatoms. The van der Waals surface area contributed by atoms with Crippen LogP contribution in [-0.4, -0.2) is 26.6 Å². The summed E-state index contributed by atoms with van der Waals surface area (Å²) in [5, 5.41) is 0.404. The van der Waals surface area contributed by atoms with Crippen LogP contribution in [-0.2, 0) is 19.1 Å². The Labute approximate surface area is 153 Å². The molecule has 0 saturated carbocycles. The first kappa shape index (κ1) is 21.5. The van der Waals surface area contributed by atoms with Crippen LogP contribution in [0.2, 0.25) is 0 Å². The zero-order chi connectivity index (χ0) is 19.3. The molecule has 0 fully saturated rings. The number of hydrogen-bond acceptors (Lipinski definition) is 4. The number of allylic oxidation sites excluding steroid dienone is 4. The molecular weight excluding hydrogens is 382 g/mol. The number of halogens is 1. The molecule has 0 aliphatic heterocycles. The molecule has 0 amide bonds. The standard InChI is InChI=1S/C17H22ClNO4S2/c1-5-8-9-10-11-12-13-24(20,21)19-16(7-3)15(6-2)14(4)17(19)25(18,22)23/h5-7,9-12H,1,8,13H2,2-4H3. The maximum absolute atomic E-state index is 12.8. The molecule has 138 valence electrons. The molecular formula is C17H22ClNO4S2. The second-order valence-electron chi connectivity index (χ2n) is 5.17. The van der Waals surface area contributed by atoms with E-state index in [1.54, 1.807) is 44.2 Å². The first-order valence-electron chi connectivity index (χ1n) is 7.56. The van der Waals surface area contributed by atoms with Gasteiger partial charge < -0.3 is 0 Å². The molecule has 0 unspecified atom stereocenters. The molecule has 1 aromatic heterocycles. The third-order valence-electron chi connectivity index (χ3n) is 3.47. The van der Waals surface area contributed by atoms with Gasteiger partial charge in [0.2, 0.25) is 10.0 Å². The van der Waals surface area contributed by atoms with Crippen molar-refractivity contribution in [1.29, 1.82) is 0 Å². The Balaban J connectivity index is 3.58. The maximum Gasteiger partial charge on any atom is 0.278 e. The van der Waals surface area contributed by atoms with E-state index in [0.717, 1.165) is 3.97 Å². The predicted octanol–water partition coefficient (Wildman–Crippen LogP) is 2.19. The molecule has 0 spiro atoms. The highest BCUT2D eigenvalue weighted by Gasteiger charge is 2.28. The minimum atomic E-state index is -4.24. The molecule has 0 bridgehead atoms. The molecule has 25 heavy (non-hydrogen) atoms. The van der Waals surface area contributed by atoms with E-state index >= 15 is 0 Å². The Bertz CT molecular complexity index is 1030. The van der Waals surface area contributed by atoms with Crippen LogP contribution in [0.15, 0.2) is 42.0 Å². The summed E-state index contributed by atoms with van der Waals surface area (Å²) >= 11 is 0. The Hall–Kier alpha value is -1.57. The van der Waals surface area contributed by atoms with Gasteiger partial charge in [0.15, 0.2) is 5.03 Å². The van der Waals surface area contributed by atoms with Gasteiger partial charge in [0.05, 0.1) is 11.1 Å². The third-order valence-corrected chi connectivity index (χ3v) is 6.52. The van der Waals surface area contributed by atoms with Crippen molar-refractivity contribution in [2.24, 2.45) is 0 Å². The largest absolute Gasteiger partial charge is 0.278 e. The zero-order valence-electron chi connectivity index (χ0n) is 14.4. The Morgan fingerprint density at radius 2 is 1.68 bits per heavy atom. The fourth-order valence-corrected chi connectivity index (χ4v) is 5.94. The predicted molar refractivity (Wildman–Crippen MR) is 104 cm³/mol. The van der Waals surface area contributed by atoms with Crippen LogP contribution in [0.5, 0.6) is 0 Å². The quantitative estimate of drug-likeness (QED) is 0.397. The molecule has 1 heterocycles. The summed E-state index contributed by atoms with van der Waals surface area (Å²) in [6, 6.07) is 0. The van der Waals surface area contributed by atoms with Gasteiger partial charge in [-0.1, -0.05) is 42.5 Å². The summed E-state index contributed by atoms with van der Waals surface area (Å²) < 4.78 is 50.3. The molecule has 1 rings (SSSR count). The Kier molecular flexibility index (Phi) is 7.46. The van der Waals surface area contributed by atoms with Crippen LogP contribution in [0.3, 0.4) is 0 Å². The van der Waals surface area contributed by atoms with Gasteiger partial charge in [-0.25, -0.2) is 20.8 Å². The van der Waals surface area contributed by atoms with Crippen molar-refractivity contribution < 1.29 is 16.8 Å². The summed E-state index contributed by atoms with van der Waals surface area (Å²) in [6.45, 7) is 8.47. The van der Waals surface area contributed by atoms with E-state index in [-0.39, 0.29) is 11.1 Å². The van der Waals surface area contributed by atoms with Gasteiger partial charge in [-0.2, -0.15) is 0 Å². The van der Waals surface area contributed by atoms with Crippen molar-refractivity contribution in [3.63, 3.8) is 0 Å². The molecule has 0 aliphatic rings. The lowest BCUT2D eigenvalue weighted by Crippen LogP contribution is -2.35. The summed E-state index contributed by atoms with van der Waals surface area (Å²) in [4.78, 5) is 0. The van der Waals surface area contributed by atoms with Gasteiger partial charge in [-0.15, -0.1) is 6.58 Å². The van der Waals surface area contributed by atoms with Crippen molar-refractivity contribution in [2.75, 3.05) is 5.75 Å². The van der Waals surface area contributed by atoms with Crippen molar-refractivity contribution in [3.8, 4) is 0 Å². The highest BCUT2D eigenvalue weighted by Crippen LogP contribution is 2.18. The molecule has 0 N–H and O–H groups in total. The zero-order valence-corrected chi connectivity index (χ0v) is 16.8. The minimum absolute atomic E-state index is 0.287. The van der Waals surface area contributed by atoms with E-state index in [2.05, 4.69) is 6.58 Å². The molecule has 0 radical (unpaired) electrons.